The number of aliphatic hydroxyl groups excluding tert-OH is 1. The van der Waals surface area contributed by atoms with Crippen molar-refractivity contribution in [2.75, 3.05) is 14.2 Å². The first-order chi connectivity index (χ1) is 11.0. The second kappa shape index (κ2) is 8.31. The number of methoxy groups -OCH3 is 2. The number of rotatable bonds is 7. The Labute approximate surface area is 134 Å². The first kappa shape index (κ1) is 17.7. The molecule has 1 fully saturated rings. The number of nitrogens with one attached hydrogen (secondary N) is 1. The number of hydrogen-bond acceptors (Lipinski definition) is 5. The van der Waals surface area contributed by atoms with Gasteiger partial charge in [0.25, 0.3) is 0 Å². The van der Waals surface area contributed by atoms with Crippen LogP contribution in [0, 0.1) is 0 Å². The van der Waals surface area contributed by atoms with E-state index in [4.69, 9.17) is 9.47 Å². The van der Waals surface area contributed by atoms with Crippen molar-refractivity contribution >= 4 is 0 Å². The van der Waals surface area contributed by atoms with E-state index < -0.39 is 6.61 Å². The molecular weight excluding hydrogens is 308 g/mol. The summed E-state index contributed by atoms with van der Waals surface area (Å²) >= 11 is 0. The Morgan fingerprint density at radius 1 is 1.17 bits per heavy atom. The Morgan fingerprint density at radius 3 is 2.30 bits per heavy atom. The highest BCUT2D eigenvalue weighted by atomic mass is 19.3. The van der Waals surface area contributed by atoms with Gasteiger partial charge in [-0.05, 0) is 30.5 Å². The van der Waals surface area contributed by atoms with E-state index >= 15 is 0 Å². The SMILES string of the molecule is COc1cc(CN[C@H]2CCCC[C@H]2O)cc(OC)c1OC(F)F. The van der Waals surface area contributed by atoms with Gasteiger partial charge in [-0.2, -0.15) is 8.78 Å². The maximum Gasteiger partial charge on any atom is 0.387 e. The van der Waals surface area contributed by atoms with Crippen LogP contribution in [0.15, 0.2) is 12.1 Å². The Balaban J connectivity index is 2.12. The lowest BCUT2D eigenvalue weighted by atomic mass is 9.92. The summed E-state index contributed by atoms with van der Waals surface area (Å²) in [6.45, 7) is -2.48. The summed E-state index contributed by atoms with van der Waals surface area (Å²) < 4.78 is 39.8. The minimum Gasteiger partial charge on any atom is -0.493 e. The lowest BCUT2D eigenvalue weighted by Gasteiger charge is -2.28. The molecule has 23 heavy (non-hydrogen) atoms. The lowest BCUT2D eigenvalue weighted by molar-refractivity contribution is -0.0526. The largest absolute Gasteiger partial charge is 0.493 e. The van der Waals surface area contributed by atoms with Crippen molar-refractivity contribution in [3.63, 3.8) is 0 Å². The molecule has 1 aromatic rings. The van der Waals surface area contributed by atoms with Gasteiger partial charge < -0.3 is 24.6 Å². The Bertz CT molecular complexity index is 488. The fourth-order valence-corrected chi connectivity index (χ4v) is 2.84. The standard InChI is InChI=1S/C16H23F2NO4/c1-21-13-7-10(8-14(22-2)15(13)23-16(17)18)9-19-11-5-3-4-6-12(11)20/h7-8,11-12,16,19-20H,3-6,9H2,1-2H3/t11-,12+/m0/s1. The number of alkyl halides is 2. The van der Waals surface area contributed by atoms with Gasteiger partial charge in [0.2, 0.25) is 5.75 Å². The molecule has 0 bridgehead atoms. The molecule has 5 nitrogen and oxygen atoms in total. The molecule has 0 aliphatic heterocycles. The van der Waals surface area contributed by atoms with Crippen molar-refractivity contribution in [2.24, 2.45) is 0 Å². The van der Waals surface area contributed by atoms with Gasteiger partial charge >= 0.3 is 6.61 Å². The highest BCUT2D eigenvalue weighted by molar-refractivity contribution is 5.53. The molecule has 2 N–H and O–H groups in total. The minimum atomic E-state index is -2.96. The third-order valence-corrected chi connectivity index (χ3v) is 4.03. The van der Waals surface area contributed by atoms with Crippen LogP contribution in [0.3, 0.4) is 0 Å². The van der Waals surface area contributed by atoms with E-state index in [9.17, 15) is 13.9 Å². The lowest BCUT2D eigenvalue weighted by Crippen LogP contribution is -2.41. The van der Waals surface area contributed by atoms with Gasteiger partial charge in [0.05, 0.1) is 20.3 Å². The predicted octanol–water partition coefficient (Wildman–Crippen LogP) is 2.70. The first-order valence-corrected chi connectivity index (χ1v) is 7.66. The molecule has 0 heterocycles. The monoisotopic (exact) mass is 331 g/mol. The van der Waals surface area contributed by atoms with Gasteiger partial charge in [0, 0.05) is 12.6 Å². The molecule has 1 aromatic carbocycles. The summed E-state index contributed by atoms with van der Waals surface area (Å²) in [5, 5.41) is 13.3. The van der Waals surface area contributed by atoms with Crippen molar-refractivity contribution in [1.82, 2.24) is 5.32 Å². The van der Waals surface area contributed by atoms with Crippen molar-refractivity contribution in [3.8, 4) is 17.2 Å². The average Bonchev–Trinajstić information content (AvgIpc) is 2.54. The predicted molar refractivity (Wildman–Crippen MR) is 81.3 cm³/mol. The molecule has 1 aliphatic carbocycles. The molecule has 130 valence electrons. The van der Waals surface area contributed by atoms with Crippen molar-refractivity contribution in [1.29, 1.82) is 0 Å². The van der Waals surface area contributed by atoms with Crippen LogP contribution >= 0.6 is 0 Å². The van der Waals surface area contributed by atoms with Crippen LogP contribution in [0.2, 0.25) is 0 Å². The van der Waals surface area contributed by atoms with Crippen molar-refractivity contribution < 1.29 is 28.1 Å². The summed E-state index contributed by atoms with van der Waals surface area (Å²) in [7, 11) is 2.77. The summed E-state index contributed by atoms with van der Waals surface area (Å²) in [5.41, 5.74) is 0.804. The van der Waals surface area contributed by atoms with Crippen LogP contribution in [0.25, 0.3) is 0 Å². The molecule has 1 aliphatic rings. The van der Waals surface area contributed by atoms with Crippen LogP contribution in [0.5, 0.6) is 17.2 Å². The zero-order chi connectivity index (χ0) is 16.8. The van der Waals surface area contributed by atoms with Crippen LogP contribution in [-0.2, 0) is 6.54 Å². The van der Waals surface area contributed by atoms with E-state index in [0.717, 1.165) is 31.2 Å². The van der Waals surface area contributed by atoms with E-state index in [2.05, 4.69) is 10.1 Å². The maximum absolute atomic E-state index is 12.5. The molecule has 7 heteroatoms. The second-order valence-corrected chi connectivity index (χ2v) is 5.55. The highest BCUT2D eigenvalue weighted by Gasteiger charge is 2.23. The third kappa shape index (κ3) is 4.68. The summed E-state index contributed by atoms with van der Waals surface area (Å²) in [5.74, 6) is 0.253. The van der Waals surface area contributed by atoms with Gasteiger partial charge in [-0.25, -0.2) is 0 Å². The quantitative estimate of drug-likeness (QED) is 0.804. The van der Waals surface area contributed by atoms with Gasteiger partial charge in [-0.3, -0.25) is 0 Å². The van der Waals surface area contributed by atoms with Crippen LogP contribution in [0.4, 0.5) is 8.78 Å². The molecule has 0 aromatic heterocycles. The number of hydrogen-bond donors (Lipinski definition) is 2. The molecule has 0 spiro atoms. The average molecular weight is 331 g/mol. The van der Waals surface area contributed by atoms with Gasteiger partial charge in [-0.1, -0.05) is 12.8 Å². The molecule has 2 atom stereocenters. The molecule has 0 unspecified atom stereocenters. The van der Waals surface area contributed by atoms with Crippen LogP contribution in [0.1, 0.15) is 31.2 Å². The van der Waals surface area contributed by atoms with Crippen LogP contribution in [-0.4, -0.2) is 38.1 Å². The highest BCUT2D eigenvalue weighted by Crippen LogP contribution is 2.39. The van der Waals surface area contributed by atoms with E-state index in [-0.39, 0.29) is 29.4 Å². The smallest absolute Gasteiger partial charge is 0.387 e. The van der Waals surface area contributed by atoms with Crippen LogP contribution < -0.4 is 19.5 Å². The fourth-order valence-electron chi connectivity index (χ4n) is 2.84. The zero-order valence-corrected chi connectivity index (χ0v) is 13.4. The zero-order valence-electron chi connectivity index (χ0n) is 13.4. The van der Waals surface area contributed by atoms with E-state index in [1.54, 1.807) is 12.1 Å². The number of aliphatic hydroxyl groups is 1. The first-order valence-electron chi connectivity index (χ1n) is 7.66. The van der Waals surface area contributed by atoms with E-state index in [1.165, 1.54) is 14.2 Å². The molecule has 1 saturated carbocycles. The number of ether oxygens (including phenoxy) is 3. The minimum absolute atomic E-state index is 0.0396. The number of benzene rings is 1. The number of halogens is 2. The summed E-state index contributed by atoms with van der Waals surface area (Å²) in [6, 6.07) is 3.29. The Hall–Kier alpha value is -1.60. The summed E-state index contributed by atoms with van der Waals surface area (Å²) in [4.78, 5) is 0. The van der Waals surface area contributed by atoms with E-state index in [0.29, 0.717) is 6.54 Å². The molecule has 0 saturated heterocycles. The van der Waals surface area contributed by atoms with E-state index in [1.807, 2.05) is 0 Å². The molecular formula is C16H23F2NO4. The Kier molecular flexibility index (Phi) is 6.41. The normalized spacial score (nSPS) is 21.3. The maximum atomic E-state index is 12.5. The van der Waals surface area contributed by atoms with Gasteiger partial charge in [-0.15, -0.1) is 0 Å². The van der Waals surface area contributed by atoms with Gasteiger partial charge in [0.15, 0.2) is 11.5 Å². The molecule has 0 amide bonds. The molecule has 2 rings (SSSR count). The van der Waals surface area contributed by atoms with Crippen molar-refractivity contribution in [2.45, 2.75) is 51.0 Å². The topological polar surface area (TPSA) is 60.0 Å². The molecule has 0 radical (unpaired) electrons. The third-order valence-electron chi connectivity index (χ3n) is 4.03. The second-order valence-electron chi connectivity index (χ2n) is 5.55. The summed E-state index contributed by atoms with van der Waals surface area (Å²) in [6.07, 6.45) is 3.49. The fraction of sp³-hybridized carbons (Fsp3) is 0.625. The van der Waals surface area contributed by atoms with Gasteiger partial charge in [0.1, 0.15) is 0 Å². The van der Waals surface area contributed by atoms with Crippen molar-refractivity contribution in [3.05, 3.63) is 17.7 Å². The Morgan fingerprint density at radius 2 is 1.78 bits per heavy atom.